The molecule has 0 saturated heterocycles. The molecule has 3 atom stereocenters. The fourth-order valence-electron chi connectivity index (χ4n) is 4.21. The van der Waals surface area contributed by atoms with E-state index in [-0.39, 0.29) is 37.3 Å². The van der Waals surface area contributed by atoms with Gasteiger partial charge in [-0.25, -0.2) is 0 Å². The Labute approximate surface area is 226 Å². The maximum Gasteiger partial charge on any atom is 0.247 e. The van der Waals surface area contributed by atoms with Gasteiger partial charge in [0.25, 0.3) is 0 Å². The SMILES string of the molecule is Cc1ccc(CN(C(=O)CC(C)C)C2CC(C(=O)NCCO)=CC(Oc3ccccc3I)C2O)cc1. The van der Waals surface area contributed by atoms with Crippen LogP contribution in [0.2, 0.25) is 0 Å². The van der Waals surface area contributed by atoms with E-state index < -0.39 is 18.2 Å². The number of carbonyl (C=O) groups is 2. The van der Waals surface area contributed by atoms with E-state index in [0.29, 0.717) is 24.3 Å². The molecule has 3 rings (SSSR count). The van der Waals surface area contributed by atoms with Gasteiger partial charge < -0.3 is 25.2 Å². The molecule has 0 aliphatic heterocycles. The van der Waals surface area contributed by atoms with Gasteiger partial charge in [0.1, 0.15) is 18.0 Å². The first kappa shape index (κ1) is 28.1. The quantitative estimate of drug-likeness (QED) is 0.360. The van der Waals surface area contributed by atoms with Crippen molar-refractivity contribution in [1.82, 2.24) is 10.2 Å². The number of rotatable bonds is 10. The standard InChI is InChI=1S/C28H35IN2O5/c1-18(2)14-26(33)31(17-20-10-8-19(3)9-11-20)23-15-21(28(35)30-12-13-32)16-25(27(23)34)36-24-7-5-4-6-22(24)29/h4-11,16,18,23,25,27,32,34H,12-15,17H2,1-3H3,(H,30,35). The van der Waals surface area contributed by atoms with Crippen LogP contribution in [0.15, 0.2) is 60.2 Å². The molecule has 194 valence electrons. The lowest BCUT2D eigenvalue weighted by Crippen LogP contribution is -2.55. The Hall–Kier alpha value is -2.43. The maximum absolute atomic E-state index is 13.5. The summed E-state index contributed by atoms with van der Waals surface area (Å²) in [5.41, 5.74) is 2.48. The molecule has 36 heavy (non-hydrogen) atoms. The van der Waals surface area contributed by atoms with Gasteiger partial charge in [0.2, 0.25) is 11.8 Å². The van der Waals surface area contributed by atoms with Gasteiger partial charge in [0.05, 0.1) is 16.2 Å². The van der Waals surface area contributed by atoms with Gasteiger partial charge in [-0.2, -0.15) is 0 Å². The summed E-state index contributed by atoms with van der Waals surface area (Å²) in [4.78, 5) is 28.1. The number of para-hydroxylation sites is 1. The van der Waals surface area contributed by atoms with Crippen LogP contribution in [0.4, 0.5) is 0 Å². The molecule has 0 saturated carbocycles. The molecule has 8 heteroatoms. The van der Waals surface area contributed by atoms with Crippen LogP contribution in [-0.4, -0.2) is 58.3 Å². The van der Waals surface area contributed by atoms with Gasteiger partial charge >= 0.3 is 0 Å². The highest BCUT2D eigenvalue weighted by Crippen LogP contribution is 2.31. The Balaban J connectivity index is 1.97. The van der Waals surface area contributed by atoms with E-state index >= 15 is 0 Å². The van der Waals surface area contributed by atoms with Crippen molar-refractivity contribution in [2.75, 3.05) is 13.2 Å². The van der Waals surface area contributed by atoms with E-state index in [1.54, 1.807) is 11.0 Å². The van der Waals surface area contributed by atoms with Crippen molar-refractivity contribution in [1.29, 1.82) is 0 Å². The predicted molar refractivity (Wildman–Crippen MR) is 147 cm³/mol. The Kier molecular flexibility index (Phi) is 10.3. The van der Waals surface area contributed by atoms with E-state index in [1.165, 1.54) is 0 Å². The smallest absolute Gasteiger partial charge is 0.247 e. The van der Waals surface area contributed by atoms with Crippen LogP contribution in [0, 0.1) is 16.4 Å². The number of carbonyl (C=O) groups excluding carboxylic acids is 2. The minimum absolute atomic E-state index is 0.0836. The third-order valence-electron chi connectivity index (χ3n) is 6.09. The number of hydrogen-bond acceptors (Lipinski definition) is 5. The second kappa shape index (κ2) is 13.2. The number of aryl methyl sites for hydroxylation is 1. The minimum Gasteiger partial charge on any atom is -0.482 e. The highest BCUT2D eigenvalue weighted by Gasteiger charge is 2.40. The highest BCUT2D eigenvalue weighted by atomic mass is 127. The predicted octanol–water partition coefficient (Wildman–Crippen LogP) is 3.59. The fourth-order valence-corrected chi connectivity index (χ4v) is 4.73. The first-order valence-corrected chi connectivity index (χ1v) is 13.3. The van der Waals surface area contributed by atoms with Crippen molar-refractivity contribution in [2.45, 2.75) is 58.4 Å². The Morgan fingerprint density at radius 3 is 2.50 bits per heavy atom. The molecule has 2 aromatic rings. The Morgan fingerprint density at radius 2 is 1.86 bits per heavy atom. The summed E-state index contributed by atoms with van der Waals surface area (Å²) in [5.74, 6) is 0.302. The van der Waals surface area contributed by atoms with Gasteiger partial charge in [0.15, 0.2) is 0 Å². The lowest BCUT2D eigenvalue weighted by Gasteiger charge is -2.41. The van der Waals surface area contributed by atoms with Crippen molar-refractivity contribution >= 4 is 34.4 Å². The second-order valence-corrected chi connectivity index (χ2v) is 10.7. The molecule has 0 spiro atoms. The average molecular weight is 607 g/mol. The maximum atomic E-state index is 13.5. The number of halogens is 1. The number of amides is 2. The number of ether oxygens (including phenoxy) is 1. The van der Waals surface area contributed by atoms with Crippen LogP contribution in [0.5, 0.6) is 5.75 Å². The largest absolute Gasteiger partial charge is 0.482 e. The van der Waals surface area contributed by atoms with Gasteiger partial charge in [-0.05, 0) is 59.2 Å². The molecule has 0 bridgehead atoms. The van der Waals surface area contributed by atoms with Crippen LogP contribution >= 0.6 is 22.6 Å². The van der Waals surface area contributed by atoms with E-state index in [1.807, 2.05) is 69.3 Å². The molecular weight excluding hydrogens is 571 g/mol. The van der Waals surface area contributed by atoms with Crippen LogP contribution in [0.1, 0.15) is 37.8 Å². The fraction of sp³-hybridized carbons (Fsp3) is 0.429. The number of hydrogen-bond donors (Lipinski definition) is 3. The number of nitrogens with one attached hydrogen (secondary N) is 1. The molecule has 3 N–H and O–H groups in total. The monoisotopic (exact) mass is 606 g/mol. The molecule has 1 aliphatic rings. The zero-order valence-electron chi connectivity index (χ0n) is 21.0. The molecule has 0 fully saturated rings. The summed E-state index contributed by atoms with van der Waals surface area (Å²) < 4.78 is 7.06. The molecule has 2 amide bonds. The van der Waals surface area contributed by atoms with Gasteiger partial charge in [-0.3, -0.25) is 9.59 Å². The van der Waals surface area contributed by atoms with Gasteiger partial charge in [-0.15, -0.1) is 0 Å². The lowest BCUT2D eigenvalue weighted by atomic mass is 9.87. The van der Waals surface area contributed by atoms with Crippen molar-refractivity contribution in [3.05, 3.63) is 74.9 Å². The summed E-state index contributed by atoms with van der Waals surface area (Å²) >= 11 is 2.16. The number of aliphatic hydroxyl groups is 2. The first-order valence-electron chi connectivity index (χ1n) is 12.2. The first-order chi connectivity index (χ1) is 17.2. The minimum atomic E-state index is -1.04. The van der Waals surface area contributed by atoms with Crippen molar-refractivity contribution in [2.24, 2.45) is 5.92 Å². The normalized spacial score (nSPS) is 19.5. The molecule has 3 unspecified atom stereocenters. The molecule has 0 heterocycles. The summed E-state index contributed by atoms with van der Waals surface area (Å²) in [6.07, 6.45) is 0.264. The van der Waals surface area contributed by atoms with E-state index in [4.69, 9.17) is 9.84 Å². The van der Waals surface area contributed by atoms with E-state index in [2.05, 4.69) is 27.9 Å². The van der Waals surface area contributed by atoms with Crippen molar-refractivity contribution < 1.29 is 24.5 Å². The zero-order chi connectivity index (χ0) is 26.2. The highest BCUT2D eigenvalue weighted by molar-refractivity contribution is 14.1. The van der Waals surface area contributed by atoms with E-state index in [0.717, 1.165) is 14.7 Å². The lowest BCUT2D eigenvalue weighted by molar-refractivity contribution is -0.140. The molecule has 0 radical (unpaired) electrons. The number of nitrogens with zero attached hydrogens (tertiary/aromatic N) is 1. The van der Waals surface area contributed by atoms with Crippen molar-refractivity contribution in [3.63, 3.8) is 0 Å². The Morgan fingerprint density at radius 1 is 1.17 bits per heavy atom. The Bertz CT molecular complexity index is 1070. The van der Waals surface area contributed by atoms with Crippen LogP contribution in [0.3, 0.4) is 0 Å². The third kappa shape index (κ3) is 7.54. The van der Waals surface area contributed by atoms with Crippen LogP contribution in [0.25, 0.3) is 0 Å². The topological polar surface area (TPSA) is 99.1 Å². The summed E-state index contributed by atoms with van der Waals surface area (Å²) in [7, 11) is 0. The summed E-state index contributed by atoms with van der Waals surface area (Å²) in [5, 5.41) is 23.3. The number of aliphatic hydroxyl groups excluding tert-OH is 2. The van der Waals surface area contributed by atoms with Crippen LogP contribution in [-0.2, 0) is 16.1 Å². The van der Waals surface area contributed by atoms with Crippen molar-refractivity contribution in [3.8, 4) is 5.75 Å². The molecule has 7 nitrogen and oxygen atoms in total. The number of benzene rings is 2. The van der Waals surface area contributed by atoms with Gasteiger partial charge in [-0.1, -0.05) is 55.8 Å². The van der Waals surface area contributed by atoms with E-state index in [9.17, 15) is 14.7 Å². The molecular formula is C28H35IN2O5. The second-order valence-electron chi connectivity index (χ2n) is 9.55. The molecule has 1 aliphatic carbocycles. The molecule has 0 aromatic heterocycles. The van der Waals surface area contributed by atoms with Crippen LogP contribution < -0.4 is 10.1 Å². The summed E-state index contributed by atoms with van der Waals surface area (Å²) in [6, 6.07) is 14.7. The third-order valence-corrected chi connectivity index (χ3v) is 6.98. The average Bonchev–Trinajstić information content (AvgIpc) is 2.84. The molecule has 2 aromatic carbocycles. The van der Waals surface area contributed by atoms with Gasteiger partial charge in [0, 0.05) is 31.5 Å². The summed E-state index contributed by atoms with van der Waals surface area (Å²) in [6.45, 7) is 6.22. The zero-order valence-corrected chi connectivity index (χ0v) is 23.1.